The normalized spacial score (nSPS) is 21.0. The molecule has 0 fully saturated rings. The SMILES string of the molecule is CC[C@@H](C)[C@@](C)(O)C(C)(C)C. The zero-order valence-corrected chi connectivity index (χ0v) is 8.73. The summed E-state index contributed by atoms with van der Waals surface area (Å²) >= 11 is 0. The lowest BCUT2D eigenvalue weighted by Gasteiger charge is -2.41. The van der Waals surface area contributed by atoms with Crippen molar-refractivity contribution >= 4 is 0 Å². The summed E-state index contributed by atoms with van der Waals surface area (Å²) in [5.41, 5.74) is -0.579. The second kappa shape index (κ2) is 3.14. The molecule has 2 atom stereocenters. The first-order valence-corrected chi connectivity index (χ1v) is 4.45. The largest absolute Gasteiger partial charge is 0.389 e. The summed E-state index contributed by atoms with van der Waals surface area (Å²) in [6.07, 6.45) is 1.03. The molecule has 0 saturated carbocycles. The van der Waals surface area contributed by atoms with Gasteiger partial charge in [0.05, 0.1) is 5.60 Å². The third-order valence-electron chi connectivity index (χ3n) is 3.09. The van der Waals surface area contributed by atoms with Gasteiger partial charge < -0.3 is 5.11 Å². The fourth-order valence-corrected chi connectivity index (χ4v) is 1.14. The quantitative estimate of drug-likeness (QED) is 0.655. The van der Waals surface area contributed by atoms with Crippen LogP contribution < -0.4 is 0 Å². The Morgan fingerprint density at radius 1 is 1.18 bits per heavy atom. The first kappa shape index (κ1) is 11.0. The summed E-state index contributed by atoms with van der Waals surface area (Å²) in [5.74, 6) is 0.363. The van der Waals surface area contributed by atoms with E-state index in [0.29, 0.717) is 5.92 Å². The van der Waals surface area contributed by atoms with Gasteiger partial charge in [0.25, 0.3) is 0 Å². The molecule has 0 aromatic rings. The molecule has 1 nitrogen and oxygen atoms in total. The van der Waals surface area contributed by atoms with Crippen LogP contribution in [0.1, 0.15) is 48.0 Å². The van der Waals surface area contributed by atoms with Gasteiger partial charge in [0.15, 0.2) is 0 Å². The van der Waals surface area contributed by atoms with Crippen LogP contribution in [-0.4, -0.2) is 10.7 Å². The highest BCUT2D eigenvalue weighted by molar-refractivity contribution is 4.89. The Balaban J connectivity index is 4.45. The lowest BCUT2D eigenvalue weighted by atomic mass is 9.70. The average molecular weight is 158 g/mol. The van der Waals surface area contributed by atoms with Gasteiger partial charge in [-0.3, -0.25) is 0 Å². The molecule has 11 heavy (non-hydrogen) atoms. The van der Waals surface area contributed by atoms with Gasteiger partial charge in [0.1, 0.15) is 0 Å². The molecule has 0 aromatic carbocycles. The molecule has 0 amide bonds. The van der Waals surface area contributed by atoms with Crippen molar-refractivity contribution in [2.75, 3.05) is 0 Å². The molecule has 0 spiro atoms. The zero-order chi connectivity index (χ0) is 9.28. The first-order chi connectivity index (χ1) is 4.73. The van der Waals surface area contributed by atoms with Gasteiger partial charge in [0.2, 0.25) is 0 Å². The van der Waals surface area contributed by atoms with E-state index in [1.54, 1.807) is 0 Å². The van der Waals surface area contributed by atoms with Crippen LogP contribution in [0.5, 0.6) is 0 Å². The van der Waals surface area contributed by atoms with E-state index in [9.17, 15) is 5.11 Å². The van der Waals surface area contributed by atoms with Crippen LogP contribution in [-0.2, 0) is 0 Å². The maximum absolute atomic E-state index is 10.1. The molecule has 0 bridgehead atoms. The summed E-state index contributed by atoms with van der Waals surface area (Å²) in [5, 5.41) is 10.1. The van der Waals surface area contributed by atoms with Crippen LogP contribution in [0.2, 0.25) is 0 Å². The van der Waals surface area contributed by atoms with Crippen LogP contribution in [0.25, 0.3) is 0 Å². The van der Waals surface area contributed by atoms with Crippen LogP contribution in [0, 0.1) is 11.3 Å². The standard InChI is InChI=1S/C10H22O/c1-7-8(2)10(6,11)9(3,4)5/h8,11H,7H2,1-6H3/t8-,10-/m1/s1. The van der Waals surface area contributed by atoms with Crippen molar-refractivity contribution in [3.8, 4) is 0 Å². The van der Waals surface area contributed by atoms with E-state index in [4.69, 9.17) is 0 Å². The van der Waals surface area contributed by atoms with Crippen molar-refractivity contribution in [2.45, 2.75) is 53.6 Å². The maximum Gasteiger partial charge on any atom is 0.0693 e. The molecule has 0 unspecified atom stereocenters. The molecule has 0 aliphatic rings. The van der Waals surface area contributed by atoms with Crippen molar-refractivity contribution in [1.29, 1.82) is 0 Å². The molecule has 0 aliphatic heterocycles. The number of hydrogen-bond donors (Lipinski definition) is 1. The first-order valence-electron chi connectivity index (χ1n) is 4.45. The van der Waals surface area contributed by atoms with E-state index in [-0.39, 0.29) is 5.41 Å². The van der Waals surface area contributed by atoms with Gasteiger partial charge >= 0.3 is 0 Å². The second-order valence-electron chi connectivity index (χ2n) is 4.71. The summed E-state index contributed by atoms with van der Waals surface area (Å²) in [7, 11) is 0. The molecule has 0 heterocycles. The van der Waals surface area contributed by atoms with Gasteiger partial charge in [-0.05, 0) is 18.3 Å². The zero-order valence-electron chi connectivity index (χ0n) is 8.73. The molecular weight excluding hydrogens is 136 g/mol. The van der Waals surface area contributed by atoms with E-state index in [0.717, 1.165) is 6.42 Å². The van der Waals surface area contributed by atoms with Crippen molar-refractivity contribution < 1.29 is 5.11 Å². The smallest absolute Gasteiger partial charge is 0.0693 e. The Hall–Kier alpha value is -0.0400. The van der Waals surface area contributed by atoms with Crippen molar-refractivity contribution in [1.82, 2.24) is 0 Å². The minimum Gasteiger partial charge on any atom is -0.389 e. The average Bonchev–Trinajstić information content (AvgIpc) is 1.83. The summed E-state index contributed by atoms with van der Waals surface area (Å²) in [6, 6.07) is 0. The van der Waals surface area contributed by atoms with Crippen molar-refractivity contribution in [3.05, 3.63) is 0 Å². The Kier molecular flexibility index (Phi) is 3.13. The fraction of sp³-hybridized carbons (Fsp3) is 1.00. The van der Waals surface area contributed by atoms with Crippen molar-refractivity contribution in [2.24, 2.45) is 11.3 Å². The number of hydrogen-bond acceptors (Lipinski definition) is 1. The fourth-order valence-electron chi connectivity index (χ4n) is 1.14. The highest BCUT2D eigenvalue weighted by Gasteiger charge is 2.38. The van der Waals surface area contributed by atoms with E-state index in [1.807, 2.05) is 6.92 Å². The molecule has 1 heteroatoms. The second-order valence-corrected chi connectivity index (χ2v) is 4.71. The van der Waals surface area contributed by atoms with Crippen LogP contribution in [0.3, 0.4) is 0 Å². The summed E-state index contributed by atoms with van der Waals surface area (Å²) in [4.78, 5) is 0. The van der Waals surface area contributed by atoms with E-state index < -0.39 is 5.60 Å². The summed E-state index contributed by atoms with van der Waals surface area (Å²) < 4.78 is 0. The van der Waals surface area contributed by atoms with Gasteiger partial charge in [-0.15, -0.1) is 0 Å². The number of aliphatic hydroxyl groups is 1. The van der Waals surface area contributed by atoms with Gasteiger partial charge in [0, 0.05) is 0 Å². The lowest BCUT2D eigenvalue weighted by Crippen LogP contribution is -2.45. The van der Waals surface area contributed by atoms with E-state index >= 15 is 0 Å². The summed E-state index contributed by atoms with van der Waals surface area (Å²) in [6.45, 7) is 12.4. The van der Waals surface area contributed by atoms with E-state index in [1.165, 1.54) is 0 Å². The topological polar surface area (TPSA) is 20.2 Å². The van der Waals surface area contributed by atoms with Gasteiger partial charge in [-0.2, -0.15) is 0 Å². The minimum atomic E-state index is -0.554. The Labute approximate surface area is 70.8 Å². The maximum atomic E-state index is 10.1. The minimum absolute atomic E-state index is 0.0254. The molecule has 0 aliphatic carbocycles. The number of rotatable bonds is 2. The predicted octanol–water partition coefficient (Wildman–Crippen LogP) is 2.83. The third kappa shape index (κ3) is 2.19. The Morgan fingerprint density at radius 3 is 1.64 bits per heavy atom. The highest BCUT2D eigenvalue weighted by Crippen LogP contribution is 2.37. The Morgan fingerprint density at radius 2 is 1.55 bits per heavy atom. The van der Waals surface area contributed by atoms with Crippen LogP contribution in [0.15, 0.2) is 0 Å². The van der Waals surface area contributed by atoms with Gasteiger partial charge in [-0.1, -0.05) is 41.0 Å². The predicted molar refractivity (Wildman–Crippen MR) is 49.5 cm³/mol. The monoisotopic (exact) mass is 158 g/mol. The molecule has 0 rings (SSSR count). The van der Waals surface area contributed by atoms with Gasteiger partial charge in [-0.25, -0.2) is 0 Å². The van der Waals surface area contributed by atoms with Crippen LogP contribution in [0.4, 0.5) is 0 Å². The third-order valence-corrected chi connectivity index (χ3v) is 3.09. The lowest BCUT2D eigenvalue weighted by molar-refractivity contribution is -0.0846. The molecule has 1 N–H and O–H groups in total. The van der Waals surface area contributed by atoms with Crippen molar-refractivity contribution in [3.63, 3.8) is 0 Å². The van der Waals surface area contributed by atoms with E-state index in [2.05, 4.69) is 34.6 Å². The highest BCUT2D eigenvalue weighted by atomic mass is 16.3. The molecular formula is C10H22O. The molecule has 68 valence electrons. The molecule has 0 aromatic heterocycles. The molecule has 0 saturated heterocycles. The van der Waals surface area contributed by atoms with Crippen LogP contribution >= 0.6 is 0 Å². The molecule has 0 radical (unpaired) electrons. The Bertz CT molecular complexity index is 119.